The van der Waals surface area contributed by atoms with Crippen LogP contribution in [-0.2, 0) is 6.54 Å². The van der Waals surface area contributed by atoms with Gasteiger partial charge in [0.2, 0.25) is 0 Å². The van der Waals surface area contributed by atoms with E-state index in [0.29, 0.717) is 0 Å². The van der Waals surface area contributed by atoms with Gasteiger partial charge < -0.3 is 0 Å². The Labute approximate surface area is 115 Å². The number of rotatable bonds is 5. The van der Waals surface area contributed by atoms with Crippen LogP contribution in [0.5, 0.6) is 0 Å². The molecule has 0 aliphatic heterocycles. The first-order valence-corrected chi connectivity index (χ1v) is 8.31. The van der Waals surface area contributed by atoms with Crippen molar-refractivity contribution in [3.8, 4) is 0 Å². The van der Waals surface area contributed by atoms with Crippen molar-refractivity contribution in [2.75, 3.05) is 6.54 Å². The van der Waals surface area contributed by atoms with Gasteiger partial charge in [0.25, 0.3) is 0 Å². The van der Waals surface area contributed by atoms with E-state index in [9.17, 15) is 0 Å². The molecule has 1 unspecified atom stereocenters. The fraction of sp³-hybridized carbons (Fsp3) is 0.200. The first kappa shape index (κ1) is 13.5. The Balaban J connectivity index is 2.09. The molecular weight excluding hydrogens is 261 g/mol. The molecule has 3 heteroatoms. The minimum Gasteiger partial charge on any atom is -0.262 e. The Kier molecular flexibility index (Phi) is 5.19. The molecule has 0 aliphatic carbocycles. The molecule has 94 valence electrons. The largest absolute Gasteiger partial charge is 0.262 e. The first-order valence-electron chi connectivity index (χ1n) is 6.11. The van der Waals surface area contributed by atoms with Crippen molar-refractivity contribution in [2.45, 2.75) is 13.5 Å². The Morgan fingerprint density at radius 2 is 1.50 bits per heavy atom. The Bertz CT molecular complexity index is 460. The van der Waals surface area contributed by atoms with E-state index >= 15 is 0 Å². The highest BCUT2D eigenvalue weighted by atomic mass is 35.7. The summed E-state index contributed by atoms with van der Waals surface area (Å²) in [4.78, 5) is 0. The van der Waals surface area contributed by atoms with Crippen molar-refractivity contribution >= 4 is 24.0 Å². The zero-order valence-electron chi connectivity index (χ0n) is 10.5. The Morgan fingerprint density at radius 3 is 2.06 bits per heavy atom. The van der Waals surface area contributed by atoms with Gasteiger partial charge in [0.05, 0.1) is 7.43 Å². The van der Waals surface area contributed by atoms with Gasteiger partial charge in [-0.1, -0.05) is 78.8 Å². The van der Waals surface area contributed by atoms with Crippen LogP contribution in [-0.4, -0.2) is 11.2 Å². The second-order valence-electron chi connectivity index (χ2n) is 4.06. The van der Waals surface area contributed by atoms with Crippen LogP contribution in [0.3, 0.4) is 0 Å². The van der Waals surface area contributed by atoms with Gasteiger partial charge in [-0.2, -0.15) is 0 Å². The number of benzene rings is 2. The van der Waals surface area contributed by atoms with E-state index in [1.807, 2.05) is 24.3 Å². The maximum atomic E-state index is 6.61. The molecule has 0 N–H and O–H groups in total. The van der Waals surface area contributed by atoms with E-state index in [4.69, 9.17) is 11.2 Å². The van der Waals surface area contributed by atoms with Crippen molar-refractivity contribution < 1.29 is 0 Å². The van der Waals surface area contributed by atoms with Crippen molar-refractivity contribution in [3.63, 3.8) is 0 Å². The Hall–Kier alpha value is -0.880. The zero-order chi connectivity index (χ0) is 12.8. The summed E-state index contributed by atoms with van der Waals surface area (Å²) in [6, 6.07) is 20.8. The fourth-order valence-corrected chi connectivity index (χ4v) is 3.91. The Morgan fingerprint density at radius 1 is 0.944 bits per heavy atom. The van der Waals surface area contributed by atoms with E-state index in [0.717, 1.165) is 13.1 Å². The van der Waals surface area contributed by atoms with Crippen LogP contribution in [0.2, 0.25) is 0 Å². The minimum absolute atomic E-state index is 0.757. The molecule has 0 saturated carbocycles. The van der Waals surface area contributed by atoms with Crippen molar-refractivity contribution in [1.82, 2.24) is 4.67 Å². The molecular formula is C15H17ClNP. The highest BCUT2D eigenvalue weighted by molar-refractivity contribution is 7.88. The van der Waals surface area contributed by atoms with Crippen LogP contribution in [0.25, 0.3) is 0 Å². The standard InChI is InChI=1S/C15H17ClNP/c1-2-17(13-14-9-5-3-6-10-14)18(16)15-11-7-4-8-12-15/h3-12H,2,13H2,1H3. The normalized spacial score (nSPS) is 12.6. The molecule has 0 bridgehead atoms. The SMILES string of the molecule is CCN(Cc1ccccc1)P(Cl)c1ccccc1. The van der Waals surface area contributed by atoms with Crippen LogP contribution in [0.15, 0.2) is 60.7 Å². The van der Waals surface area contributed by atoms with Crippen LogP contribution < -0.4 is 5.30 Å². The molecule has 0 saturated heterocycles. The molecule has 0 aliphatic rings. The summed E-state index contributed by atoms with van der Waals surface area (Å²) in [7, 11) is -0.757. The van der Waals surface area contributed by atoms with Gasteiger partial charge in [-0.25, -0.2) is 0 Å². The van der Waals surface area contributed by atoms with Crippen LogP contribution >= 0.6 is 18.7 Å². The lowest BCUT2D eigenvalue weighted by Crippen LogP contribution is -2.20. The van der Waals surface area contributed by atoms with Crippen molar-refractivity contribution in [2.24, 2.45) is 0 Å². The van der Waals surface area contributed by atoms with Crippen molar-refractivity contribution in [1.29, 1.82) is 0 Å². The predicted molar refractivity (Wildman–Crippen MR) is 81.4 cm³/mol. The van der Waals surface area contributed by atoms with Gasteiger partial charge in [0, 0.05) is 18.4 Å². The number of halogens is 1. The summed E-state index contributed by atoms with van der Waals surface area (Å²) in [5.41, 5.74) is 1.31. The third-order valence-corrected chi connectivity index (χ3v) is 5.66. The third kappa shape index (κ3) is 3.55. The summed E-state index contributed by atoms with van der Waals surface area (Å²) in [5, 5.41) is 1.21. The fourth-order valence-electron chi connectivity index (χ4n) is 1.81. The molecule has 0 heterocycles. The molecule has 1 nitrogen and oxygen atoms in total. The molecule has 0 amide bonds. The van der Waals surface area contributed by atoms with Gasteiger partial charge in [-0.3, -0.25) is 4.67 Å². The van der Waals surface area contributed by atoms with Gasteiger partial charge >= 0.3 is 0 Å². The monoisotopic (exact) mass is 277 g/mol. The van der Waals surface area contributed by atoms with Gasteiger partial charge in [-0.05, 0) is 5.56 Å². The lowest BCUT2D eigenvalue weighted by molar-refractivity contribution is 0.485. The molecule has 18 heavy (non-hydrogen) atoms. The van der Waals surface area contributed by atoms with E-state index in [2.05, 4.69) is 48.0 Å². The molecule has 0 fully saturated rings. The van der Waals surface area contributed by atoms with Crippen molar-refractivity contribution in [3.05, 3.63) is 66.2 Å². The summed E-state index contributed by atoms with van der Waals surface area (Å²) in [5.74, 6) is 0. The number of hydrogen-bond donors (Lipinski definition) is 0. The van der Waals surface area contributed by atoms with Gasteiger partial charge in [0.1, 0.15) is 0 Å². The summed E-state index contributed by atoms with van der Waals surface area (Å²) in [6.45, 7) is 4.02. The summed E-state index contributed by atoms with van der Waals surface area (Å²) in [6.07, 6.45) is 0. The molecule has 2 aromatic rings. The smallest absolute Gasteiger partial charge is 0.0948 e. The average Bonchev–Trinajstić information content (AvgIpc) is 2.46. The molecule has 0 spiro atoms. The molecule has 0 aromatic heterocycles. The van der Waals surface area contributed by atoms with E-state index in [-0.39, 0.29) is 0 Å². The molecule has 2 aromatic carbocycles. The third-order valence-electron chi connectivity index (χ3n) is 2.79. The minimum atomic E-state index is -0.757. The number of nitrogens with zero attached hydrogens (tertiary/aromatic N) is 1. The van der Waals surface area contributed by atoms with Crippen LogP contribution in [0, 0.1) is 0 Å². The highest BCUT2D eigenvalue weighted by Crippen LogP contribution is 2.44. The molecule has 0 radical (unpaired) electrons. The van der Waals surface area contributed by atoms with E-state index in [1.165, 1.54) is 10.9 Å². The number of hydrogen-bond acceptors (Lipinski definition) is 1. The van der Waals surface area contributed by atoms with Crippen LogP contribution in [0.1, 0.15) is 12.5 Å². The zero-order valence-corrected chi connectivity index (χ0v) is 12.1. The van der Waals surface area contributed by atoms with Gasteiger partial charge in [0.15, 0.2) is 0 Å². The second kappa shape index (κ2) is 6.89. The summed E-state index contributed by atoms with van der Waals surface area (Å²) < 4.78 is 2.32. The van der Waals surface area contributed by atoms with E-state index in [1.54, 1.807) is 0 Å². The average molecular weight is 278 g/mol. The maximum Gasteiger partial charge on any atom is 0.0948 e. The quantitative estimate of drug-likeness (QED) is 0.733. The lowest BCUT2D eigenvalue weighted by atomic mass is 10.2. The topological polar surface area (TPSA) is 3.24 Å². The van der Waals surface area contributed by atoms with Gasteiger partial charge in [-0.15, -0.1) is 0 Å². The van der Waals surface area contributed by atoms with Crippen LogP contribution in [0.4, 0.5) is 0 Å². The molecule has 1 atom stereocenters. The maximum absolute atomic E-state index is 6.61. The molecule has 2 rings (SSSR count). The lowest BCUT2D eigenvalue weighted by Gasteiger charge is -2.25. The summed E-state index contributed by atoms with van der Waals surface area (Å²) >= 11 is 6.61. The highest BCUT2D eigenvalue weighted by Gasteiger charge is 2.16. The van der Waals surface area contributed by atoms with E-state index < -0.39 is 7.43 Å². The predicted octanol–water partition coefficient (Wildman–Crippen LogP) is 4.38. The first-order chi connectivity index (χ1) is 8.81. The second-order valence-corrected chi connectivity index (χ2v) is 6.62.